The normalized spacial score (nSPS) is 11.9. The van der Waals surface area contributed by atoms with Gasteiger partial charge in [0.2, 0.25) is 0 Å². The molecule has 0 aromatic carbocycles. The van der Waals surface area contributed by atoms with Gasteiger partial charge in [-0.15, -0.1) is 0 Å². The van der Waals surface area contributed by atoms with Crippen molar-refractivity contribution in [1.82, 2.24) is 0 Å². The van der Waals surface area contributed by atoms with Crippen LogP contribution in [-0.2, 0) is 14.3 Å². The monoisotopic (exact) mass is 192 g/mol. The third-order valence-corrected chi connectivity index (χ3v) is 1.62. The van der Waals surface area contributed by atoms with E-state index in [4.69, 9.17) is 16.7 Å². The van der Waals surface area contributed by atoms with Crippen molar-refractivity contribution in [3.8, 4) is 0 Å². The molecular weight excluding hydrogens is 184 g/mol. The van der Waals surface area contributed by atoms with Crippen LogP contribution in [0.5, 0.6) is 0 Å². The number of carbonyl (C=O) groups is 2. The Balaban J connectivity index is 4.46. The Morgan fingerprint density at radius 3 is 2.33 bits per heavy atom. The average molecular weight is 193 g/mol. The third-order valence-electron chi connectivity index (χ3n) is 1.20. The van der Waals surface area contributed by atoms with Crippen LogP contribution in [0.4, 0.5) is 0 Å². The van der Waals surface area contributed by atoms with Gasteiger partial charge in [0.25, 0.3) is 0 Å². The van der Waals surface area contributed by atoms with Crippen LogP contribution in [0, 0.1) is 0 Å². The number of methoxy groups -OCH3 is 1. The Morgan fingerprint density at radius 1 is 1.50 bits per heavy atom. The van der Waals surface area contributed by atoms with E-state index in [1.807, 2.05) is 0 Å². The van der Waals surface area contributed by atoms with Gasteiger partial charge in [0.15, 0.2) is 0 Å². The summed E-state index contributed by atoms with van der Waals surface area (Å²) in [4.78, 5) is 20.9. The lowest BCUT2D eigenvalue weighted by atomic mass is 10.2. The first-order valence-corrected chi connectivity index (χ1v) is 3.52. The van der Waals surface area contributed by atoms with Crippen LogP contribution in [0.1, 0.15) is 13.3 Å². The highest BCUT2D eigenvalue weighted by atomic mass is 35.5. The number of aliphatic carboxylic acids is 1. The second-order valence-electron chi connectivity index (χ2n) is 2.09. The molecule has 0 aliphatic carbocycles. The molecule has 0 fully saturated rings. The fraction of sp³-hybridized carbons (Fsp3) is 0.429. The Bertz CT molecular complexity index is 232. The zero-order valence-electron chi connectivity index (χ0n) is 6.76. The fourth-order valence-corrected chi connectivity index (χ4v) is 0.721. The molecule has 68 valence electrons. The molecule has 0 aliphatic heterocycles. The topological polar surface area (TPSA) is 63.6 Å². The Labute approximate surface area is 74.8 Å². The van der Waals surface area contributed by atoms with Crippen molar-refractivity contribution >= 4 is 23.5 Å². The van der Waals surface area contributed by atoms with E-state index in [1.54, 1.807) is 0 Å². The lowest BCUT2D eigenvalue weighted by Crippen LogP contribution is -2.05. The van der Waals surface area contributed by atoms with Gasteiger partial charge < -0.3 is 9.84 Å². The SMILES string of the molecule is COC(=O)/C(C)=C(/Cl)CC(=O)O. The summed E-state index contributed by atoms with van der Waals surface area (Å²) in [5, 5.41) is 8.31. The fourth-order valence-electron chi connectivity index (χ4n) is 0.529. The number of ether oxygens (including phenoxy) is 1. The van der Waals surface area contributed by atoms with Crippen molar-refractivity contribution in [3.05, 3.63) is 10.6 Å². The maximum absolute atomic E-state index is 10.8. The number of carbonyl (C=O) groups excluding carboxylic acids is 1. The van der Waals surface area contributed by atoms with Gasteiger partial charge in [0, 0.05) is 10.6 Å². The molecule has 0 unspecified atom stereocenters. The standard InChI is InChI=1S/C7H9ClO4/c1-4(7(11)12-2)5(8)3-6(9)10/h3H2,1-2H3,(H,9,10)/b5-4+. The molecule has 0 heterocycles. The Kier molecular flexibility index (Phi) is 4.36. The summed E-state index contributed by atoms with van der Waals surface area (Å²) in [7, 11) is 1.21. The van der Waals surface area contributed by atoms with Gasteiger partial charge in [-0.3, -0.25) is 4.79 Å². The third kappa shape index (κ3) is 3.39. The van der Waals surface area contributed by atoms with Crippen molar-refractivity contribution in [3.63, 3.8) is 0 Å². The maximum Gasteiger partial charge on any atom is 0.334 e. The minimum atomic E-state index is -1.08. The molecule has 1 N–H and O–H groups in total. The molecule has 0 aromatic rings. The number of hydrogen-bond donors (Lipinski definition) is 1. The predicted molar refractivity (Wildman–Crippen MR) is 42.8 cm³/mol. The summed E-state index contributed by atoms with van der Waals surface area (Å²) in [5.74, 6) is -1.69. The molecule has 0 radical (unpaired) electrons. The summed E-state index contributed by atoms with van der Waals surface area (Å²) in [6, 6.07) is 0. The molecule has 12 heavy (non-hydrogen) atoms. The lowest BCUT2D eigenvalue weighted by molar-refractivity contribution is -0.136. The van der Waals surface area contributed by atoms with E-state index in [1.165, 1.54) is 14.0 Å². The van der Waals surface area contributed by atoms with Crippen molar-refractivity contribution < 1.29 is 19.4 Å². The molecule has 0 atom stereocenters. The van der Waals surface area contributed by atoms with E-state index in [0.29, 0.717) is 0 Å². The second-order valence-corrected chi connectivity index (χ2v) is 2.55. The highest BCUT2D eigenvalue weighted by molar-refractivity contribution is 6.32. The molecule has 0 aromatic heterocycles. The second kappa shape index (κ2) is 4.77. The van der Waals surface area contributed by atoms with Crippen molar-refractivity contribution in [1.29, 1.82) is 0 Å². The molecule has 0 aliphatic rings. The minimum absolute atomic E-state index is 0.00523. The van der Waals surface area contributed by atoms with Crippen LogP contribution in [-0.4, -0.2) is 24.2 Å². The summed E-state index contributed by atoms with van der Waals surface area (Å²) >= 11 is 5.50. The molecule has 0 saturated carbocycles. The molecule has 0 saturated heterocycles. The van der Waals surface area contributed by atoms with Gasteiger partial charge in [-0.2, -0.15) is 0 Å². The van der Waals surface area contributed by atoms with Crippen molar-refractivity contribution in [2.24, 2.45) is 0 Å². The molecular formula is C7H9ClO4. The molecule has 0 rings (SSSR count). The first-order valence-electron chi connectivity index (χ1n) is 3.14. The van der Waals surface area contributed by atoms with E-state index < -0.39 is 11.9 Å². The van der Waals surface area contributed by atoms with Crippen LogP contribution in [0.15, 0.2) is 10.6 Å². The molecule has 0 amide bonds. The van der Waals surface area contributed by atoms with E-state index in [-0.39, 0.29) is 17.0 Å². The molecule has 0 bridgehead atoms. The zero-order valence-corrected chi connectivity index (χ0v) is 7.51. The van der Waals surface area contributed by atoms with E-state index in [0.717, 1.165) is 0 Å². The highest BCUT2D eigenvalue weighted by Crippen LogP contribution is 2.14. The lowest BCUT2D eigenvalue weighted by Gasteiger charge is -2.00. The summed E-state index contributed by atoms with van der Waals surface area (Å²) in [6.07, 6.45) is -0.359. The van der Waals surface area contributed by atoms with Crippen LogP contribution in [0.3, 0.4) is 0 Å². The summed E-state index contributed by atoms with van der Waals surface area (Å²) < 4.78 is 4.34. The highest BCUT2D eigenvalue weighted by Gasteiger charge is 2.11. The average Bonchev–Trinajstić information content (AvgIpc) is 2.00. The van der Waals surface area contributed by atoms with E-state index >= 15 is 0 Å². The number of halogens is 1. The molecule has 5 heteroatoms. The van der Waals surface area contributed by atoms with Crippen LogP contribution < -0.4 is 0 Å². The van der Waals surface area contributed by atoms with Gasteiger partial charge in [-0.05, 0) is 6.92 Å². The molecule has 0 spiro atoms. The maximum atomic E-state index is 10.8. The quantitative estimate of drug-likeness (QED) is 0.538. The van der Waals surface area contributed by atoms with Gasteiger partial charge in [0.1, 0.15) is 0 Å². The smallest absolute Gasteiger partial charge is 0.334 e. The number of rotatable bonds is 3. The predicted octanol–water partition coefficient (Wildman–Crippen LogP) is 1.15. The summed E-state index contributed by atoms with van der Waals surface area (Å²) in [5.41, 5.74) is 0.126. The number of carboxylic acid groups (broad SMARTS) is 1. The summed E-state index contributed by atoms with van der Waals surface area (Å²) in [6.45, 7) is 1.41. The van der Waals surface area contributed by atoms with Crippen LogP contribution in [0.2, 0.25) is 0 Å². The van der Waals surface area contributed by atoms with Gasteiger partial charge in [-0.25, -0.2) is 4.79 Å². The van der Waals surface area contributed by atoms with Crippen molar-refractivity contribution in [2.75, 3.05) is 7.11 Å². The minimum Gasteiger partial charge on any atom is -0.481 e. The Morgan fingerprint density at radius 2 is 2.00 bits per heavy atom. The van der Waals surface area contributed by atoms with E-state index in [2.05, 4.69) is 4.74 Å². The van der Waals surface area contributed by atoms with E-state index in [9.17, 15) is 9.59 Å². The molecule has 4 nitrogen and oxygen atoms in total. The van der Waals surface area contributed by atoms with Gasteiger partial charge in [0.05, 0.1) is 13.5 Å². The van der Waals surface area contributed by atoms with Gasteiger partial charge in [-0.1, -0.05) is 11.6 Å². The number of carboxylic acids is 1. The zero-order chi connectivity index (χ0) is 9.72. The van der Waals surface area contributed by atoms with Crippen LogP contribution in [0.25, 0.3) is 0 Å². The number of hydrogen-bond acceptors (Lipinski definition) is 3. The first kappa shape index (κ1) is 11.0. The van der Waals surface area contributed by atoms with Gasteiger partial charge >= 0.3 is 11.9 Å². The largest absolute Gasteiger partial charge is 0.481 e. The van der Waals surface area contributed by atoms with Crippen LogP contribution >= 0.6 is 11.6 Å². The first-order chi connectivity index (χ1) is 5.49. The Hall–Kier alpha value is -1.03. The number of esters is 1. The van der Waals surface area contributed by atoms with Crippen molar-refractivity contribution in [2.45, 2.75) is 13.3 Å².